The molecule has 0 aromatic rings. The maximum Gasteiger partial charge on any atom is 0.253 e. The molecule has 3 amide bonds. The predicted octanol–water partition coefficient (Wildman–Crippen LogP) is -0.203. The van der Waals surface area contributed by atoms with Gasteiger partial charge in [-0.15, -0.1) is 0 Å². The van der Waals surface area contributed by atoms with Gasteiger partial charge in [0, 0.05) is 38.2 Å². The molecule has 26 heavy (non-hydrogen) atoms. The number of carbonyl (C=O) groups excluding carboxylic acids is 3. The van der Waals surface area contributed by atoms with E-state index in [4.69, 9.17) is 15.2 Å². The van der Waals surface area contributed by atoms with Crippen molar-refractivity contribution in [2.24, 2.45) is 11.1 Å². The molecule has 2 fully saturated rings. The van der Waals surface area contributed by atoms with E-state index < -0.39 is 11.3 Å². The van der Waals surface area contributed by atoms with E-state index in [0.29, 0.717) is 31.8 Å². The maximum atomic E-state index is 12.7. The van der Waals surface area contributed by atoms with Crippen molar-refractivity contribution >= 4 is 17.7 Å². The van der Waals surface area contributed by atoms with Crippen molar-refractivity contribution in [3.8, 4) is 0 Å². The zero-order valence-corrected chi connectivity index (χ0v) is 15.1. The lowest BCUT2D eigenvalue weighted by atomic mass is 9.88. The first-order valence-corrected chi connectivity index (χ1v) is 8.78. The first-order valence-electron chi connectivity index (χ1n) is 8.78. The Morgan fingerprint density at radius 2 is 1.73 bits per heavy atom. The van der Waals surface area contributed by atoms with Gasteiger partial charge in [0.25, 0.3) is 5.91 Å². The first-order chi connectivity index (χ1) is 12.3. The van der Waals surface area contributed by atoms with E-state index in [2.05, 4.69) is 0 Å². The van der Waals surface area contributed by atoms with Crippen molar-refractivity contribution in [1.29, 1.82) is 0 Å². The van der Waals surface area contributed by atoms with Crippen LogP contribution in [0.1, 0.15) is 20.3 Å². The minimum absolute atomic E-state index is 0.0697. The molecule has 0 radical (unpaired) electrons. The Morgan fingerprint density at radius 1 is 1.12 bits per heavy atom. The van der Waals surface area contributed by atoms with Gasteiger partial charge in [-0.3, -0.25) is 14.4 Å². The number of carbonyl (C=O) groups is 3. The van der Waals surface area contributed by atoms with Crippen molar-refractivity contribution in [2.75, 3.05) is 33.0 Å². The van der Waals surface area contributed by atoms with Gasteiger partial charge in [-0.25, -0.2) is 0 Å². The molecular formula is C18H25N3O5. The van der Waals surface area contributed by atoms with Gasteiger partial charge < -0.3 is 25.0 Å². The summed E-state index contributed by atoms with van der Waals surface area (Å²) in [4.78, 5) is 39.9. The molecule has 0 aromatic heterocycles. The van der Waals surface area contributed by atoms with E-state index in [1.807, 2.05) is 6.08 Å². The van der Waals surface area contributed by atoms with E-state index in [0.717, 1.165) is 0 Å². The van der Waals surface area contributed by atoms with Gasteiger partial charge >= 0.3 is 0 Å². The smallest absolute Gasteiger partial charge is 0.253 e. The highest BCUT2D eigenvalue weighted by Gasteiger charge is 2.34. The fraction of sp³-hybridized carbons (Fsp3) is 0.611. The van der Waals surface area contributed by atoms with E-state index >= 15 is 0 Å². The van der Waals surface area contributed by atoms with Gasteiger partial charge in [-0.2, -0.15) is 0 Å². The number of fused-ring (bicyclic) bond motifs is 1. The highest BCUT2D eigenvalue weighted by Crippen LogP contribution is 2.24. The number of amides is 3. The standard InChI is InChI=1S/C18H25N3O5/c1-18(2,17(19)24)10-15(22)20-5-7-21(8-6-20)16(23)12-3-4-13-14(9-12)26-11-25-13/h3-4,9,13-14H,5-8,10-11H2,1-2H3,(H2,19,24). The van der Waals surface area contributed by atoms with Crippen LogP contribution in [0, 0.1) is 5.41 Å². The largest absolute Gasteiger partial charge is 0.369 e. The molecule has 0 saturated carbocycles. The van der Waals surface area contributed by atoms with Gasteiger partial charge in [-0.1, -0.05) is 26.0 Å². The van der Waals surface area contributed by atoms with Crippen molar-refractivity contribution in [3.05, 3.63) is 23.8 Å². The number of primary amides is 1. The van der Waals surface area contributed by atoms with Crippen LogP contribution in [0.2, 0.25) is 0 Å². The fourth-order valence-electron chi connectivity index (χ4n) is 3.19. The molecule has 2 saturated heterocycles. The fourth-order valence-corrected chi connectivity index (χ4v) is 3.19. The summed E-state index contributed by atoms with van der Waals surface area (Å²) in [5.41, 5.74) is 5.05. The number of hydrogen-bond acceptors (Lipinski definition) is 5. The number of rotatable bonds is 4. The van der Waals surface area contributed by atoms with E-state index in [-0.39, 0.29) is 37.2 Å². The summed E-state index contributed by atoms with van der Waals surface area (Å²) in [5, 5.41) is 0. The summed E-state index contributed by atoms with van der Waals surface area (Å²) in [5.74, 6) is -0.677. The molecule has 2 aliphatic heterocycles. The Kier molecular flexibility index (Phi) is 5.15. The van der Waals surface area contributed by atoms with Crippen molar-refractivity contribution in [2.45, 2.75) is 32.5 Å². The zero-order valence-electron chi connectivity index (χ0n) is 15.1. The maximum absolute atomic E-state index is 12.7. The Labute approximate surface area is 152 Å². The summed E-state index contributed by atoms with van der Waals surface area (Å²) in [6, 6.07) is 0. The van der Waals surface area contributed by atoms with Gasteiger partial charge in [0.1, 0.15) is 19.0 Å². The number of nitrogens with zero attached hydrogens (tertiary/aromatic N) is 2. The number of nitrogens with two attached hydrogens (primary N) is 1. The Hall–Kier alpha value is -2.19. The van der Waals surface area contributed by atoms with Gasteiger partial charge in [0.05, 0.1) is 5.41 Å². The second-order valence-corrected chi connectivity index (χ2v) is 7.46. The molecule has 3 aliphatic rings. The van der Waals surface area contributed by atoms with Crippen molar-refractivity contribution in [1.82, 2.24) is 9.80 Å². The third-order valence-corrected chi connectivity index (χ3v) is 5.08. The summed E-state index contributed by atoms with van der Waals surface area (Å²) in [6.07, 6.45) is 5.16. The minimum atomic E-state index is -0.873. The average molecular weight is 363 g/mol. The molecule has 8 heteroatoms. The van der Waals surface area contributed by atoms with Gasteiger partial charge in [0.2, 0.25) is 11.8 Å². The first kappa shape index (κ1) is 18.6. The third kappa shape index (κ3) is 3.81. The molecule has 0 bridgehead atoms. The van der Waals surface area contributed by atoms with Crippen LogP contribution in [-0.2, 0) is 23.9 Å². The molecule has 0 spiro atoms. The second kappa shape index (κ2) is 7.20. The molecule has 8 nitrogen and oxygen atoms in total. The molecule has 2 unspecified atom stereocenters. The van der Waals surface area contributed by atoms with Crippen LogP contribution in [0.5, 0.6) is 0 Å². The quantitative estimate of drug-likeness (QED) is 0.745. The average Bonchev–Trinajstić information content (AvgIpc) is 3.08. The molecule has 1 aliphatic carbocycles. The van der Waals surface area contributed by atoms with E-state index in [9.17, 15) is 14.4 Å². The summed E-state index contributed by atoms with van der Waals surface area (Å²) >= 11 is 0. The third-order valence-electron chi connectivity index (χ3n) is 5.08. The molecule has 2 heterocycles. The molecule has 142 valence electrons. The SMILES string of the molecule is CC(C)(CC(=O)N1CCN(C(=O)C2=CC3OCOC3C=C2)CC1)C(N)=O. The van der Waals surface area contributed by atoms with E-state index in [1.54, 1.807) is 35.8 Å². The van der Waals surface area contributed by atoms with Gasteiger partial charge in [0.15, 0.2) is 0 Å². The zero-order chi connectivity index (χ0) is 18.9. The molecule has 2 atom stereocenters. The lowest BCUT2D eigenvalue weighted by molar-refractivity contribution is -0.141. The molecule has 3 rings (SSSR count). The summed E-state index contributed by atoms with van der Waals surface area (Å²) < 4.78 is 10.8. The number of ether oxygens (including phenoxy) is 2. The van der Waals surface area contributed by atoms with Crippen LogP contribution < -0.4 is 5.73 Å². The van der Waals surface area contributed by atoms with Crippen LogP contribution in [0.3, 0.4) is 0 Å². The van der Waals surface area contributed by atoms with Gasteiger partial charge in [-0.05, 0) is 6.08 Å². The Bertz CT molecular complexity index is 662. The molecule has 2 N–H and O–H groups in total. The monoisotopic (exact) mass is 363 g/mol. The van der Waals surface area contributed by atoms with E-state index in [1.165, 1.54) is 0 Å². The lowest BCUT2D eigenvalue weighted by Crippen LogP contribution is -2.52. The molecule has 0 aromatic carbocycles. The lowest BCUT2D eigenvalue weighted by Gasteiger charge is -2.36. The predicted molar refractivity (Wildman–Crippen MR) is 92.6 cm³/mol. The highest BCUT2D eigenvalue weighted by atomic mass is 16.7. The normalized spacial score (nSPS) is 25.7. The minimum Gasteiger partial charge on any atom is -0.369 e. The summed E-state index contributed by atoms with van der Waals surface area (Å²) in [6.45, 7) is 5.37. The summed E-state index contributed by atoms with van der Waals surface area (Å²) in [7, 11) is 0. The van der Waals surface area contributed by atoms with Crippen LogP contribution in [0.4, 0.5) is 0 Å². The number of piperazine rings is 1. The topological polar surface area (TPSA) is 102 Å². The second-order valence-electron chi connectivity index (χ2n) is 7.46. The molecular weight excluding hydrogens is 338 g/mol. The highest BCUT2D eigenvalue weighted by molar-refractivity contribution is 5.97. The van der Waals surface area contributed by atoms with Crippen LogP contribution in [0.25, 0.3) is 0 Å². The van der Waals surface area contributed by atoms with Crippen LogP contribution >= 0.6 is 0 Å². The van der Waals surface area contributed by atoms with Crippen LogP contribution in [0.15, 0.2) is 23.8 Å². The van der Waals surface area contributed by atoms with Crippen molar-refractivity contribution < 1.29 is 23.9 Å². The van der Waals surface area contributed by atoms with Crippen molar-refractivity contribution in [3.63, 3.8) is 0 Å². The Balaban J connectivity index is 1.54. The number of hydrogen-bond donors (Lipinski definition) is 1. The Morgan fingerprint density at radius 3 is 2.38 bits per heavy atom. The van der Waals surface area contributed by atoms with Crippen LogP contribution in [-0.4, -0.2) is 72.7 Å².